The maximum atomic E-state index is 13.8. The molecule has 0 saturated heterocycles. The van der Waals surface area contributed by atoms with Crippen molar-refractivity contribution in [3.63, 3.8) is 0 Å². The first-order valence-corrected chi connectivity index (χ1v) is 7.52. The highest BCUT2D eigenvalue weighted by molar-refractivity contribution is 9.10. The highest BCUT2D eigenvalue weighted by atomic mass is 79.9. The Hall–Kier alpha value is -1.26. The van der Waals surface area contributed by atoms with Crippen molar-refractivity contribution in [1.29, 1.82) is 0 Å². The molecule has 0 aliphatic heterocycles. The zero-order valence-electron chi connectivity index (χ0n) is 11.9. The van der Waals surface area contributed by atoms with Crippen LogP contribution in [0.5, 0.6) is 11.5 Å². The van der Waals surface area contributed by atoms with Crippen molar-refractivity contribution in [2.24, 2.45) is 0 Å². The van der Waals surface area contributed by atoms with Crippen LogP contribution in [-0.4, -0.2) is 14.2 Å². The molecule has 0 aliphatic rings. The molecule has 5 heteroatoms. The van der Waals surface area contributed by atoms with Crippen molar-refractivity contribution < 1.29 is 13.9 Å². The molecule has 0 aromatic heterocycles. The van der Waals surface area contributed by atoms with E-state index in [0.29, 0.717) is 11.3 Å². The van der Waals surface area contributed by atoms with Gasteiger partial charge in [-0.3, -0.25) is 0 Å². The van der Waals surface area contributed by atoms with Gasteiger partial charge in [-0.25, -0.2) is 4.39 Å². The number of hydrogen-bond acceptors (Lipinski definition) is 2. The Balaban J connectivity index is 2.46. The highest BCUT2D eigenvalue weighted by Gasteiger charge is 2.19. The van der Waals surface area contributed by atoms with Crippen LogP contribution in [0.1, 0.15) is 22.1 Å². The van der Waals surface area contributed by atoms with E-state index < -0.39 is 11.2 Å². The Bertz CT molecular complexity index is 661. The van der Waals surface area contributed by atoms with Crippen molar-refractivity contribution in [2.45, 2.75) is 12.3 Å². The molecule has 0 saturated carbocycles. The number of benzene rings is 2. The van der Waals surface area contributed by atoms with Crippen LogP contribution in [0.4, 0.5) is 4.39 Å². The molecule has 0 radical (unpaired) electrons. The number of rotatable bonds is 4. The van der Waals surface area contributed by atoms with Crippen molar-refractivity contribution in [1.82, 2.24) is 0 Å². The fraction of sp³-hybridized carbons (Fsp3) is 0.250. The number of methoxy groups -OCH3 is 2. The van der Waals surface area contributed by atoms with E-state index in [4.69, 9.17) is 21.1 Å². The molecule has 0 aliphatic carbocycles. The summed E-state index contributed by atoms with van der Waals surface area (Å²) in [7, 11) is 3.01. The van der Waals surface area contributed by atoms with Crippen molar-refractivity contribution in [3.8, 4) is 11.5 Å². The first-order chi connectivity index (χ1) is 9.97. The lowest BCUT2D eigenvalue weighted by Gasteiger charge is -2.16. The minimum absolute atomic E-state index is 0.194. The number of alkyl halides is 1. The molecule has 2 aromatic rings. The predicted octanol–water partition coefficient (Wildman–Crippen LogP) is 5.24. The number of halogens is 3. The van der Waals surface area contributed by atoms with Gasteiger partial charge >= 0.3 is 0 Å². The zero-order valence-corrected chi connectivity index (χ0v) is 14.3. The molecule has 0 bridgehead atoms. The van der Waals surface area contributed by atoms with E-state index in [2.05, 4.69) is 15.9 Å². The normalized spacial score (nSPS) is 12.1. The average Bonchev–Trinajstić information content (AvgIpc) is 2.48. The molecule has 2 nitrogen and oxygen atoms in total. The number of ether oxygens (including phenoxy) is 2. The maximum absolute atomic E-state index is 13.8. The van der Waals surface area contributed by atoms with Crippen molar-refractivity contribution >= 4 is 27.5 Å². The summed E-state index contributed by atoms with van der Waals surface area (Å²) in [6.45, 7) is 1.96. The van der Waals surface area contributed by atoms with Gasteiger partial charge in [-0.15, -0.1) is 11.6 Å². The third kappa shape index (κ3) is 3.33. The molecule has 0 heterocycles. The van der Waals surface area contributed by atoms with Crippen LogP contribution in [-0.2, 0) is 0 Å². The molecular formula is C16H15BrClFO2. The van der Waals surface area contributed by atoms with E-state index in [1.165, 1.54) is 13.2 Å². The summed E-state index contributed by atoms with van der Waals surface area (Å²) >= 11 is 9.98. The van der Waals surface area contributed by atoms with E-state index in [-0.39, 0.29) is 5.75 Å². The lowest BCUT2D eigenvalue weighted by atomic mass is 10.0. The lowest BCUT2D eigenvalue weighted by Crippen LogP contribution is -2.00. The molecule has 1 atom stereocenters. The number of aryl methyl sites for hydroxylation is 1. The molecule has 21 heavy (non-hydrogen) atoms. The largest absolute Gasteiger partial charge is 0.496 e. The van der Waals surface area contributed by atoms with Gasteiger partial charge in [0.1, 0.15) is 5.75 Å². The predicted molar refractivity (Wildman–Crippen MR) is 86.1 cm³/mol. The molecule has 0 fully saturated rings. The van der Waals surface area contributed by atoms with Crippen LogP contribution in [0.25, 0.3) is 0 Å². The van der Waals surface area contributed by atoms with Gasteiger partial charge < -0.3 is 9.47 Å². The summed E-state index contributed by atoms with van der Waals surface area (Å²) in [6.07, 6.45) is 0. The van der Waals surface area contributed by atoms with E-state index >= 15 is 0 Å². The summed E-state index contributed by atoms with van der Waals surface area (Å²) in [5.74, 6) is 0.428. The Labute approximate surface area is 137 Å². The van der Waals surface area contributed by atoms with Crippen LogP contribution in [0.3, 0.4) is 0 Å². The molecule has 0 N–H and O–H groups in total. The Morgan fingerprint density at radius 1 is 1.10 bits per heavy atom. The summed E-state index contributed by atoms with van der Waals surface area (Å²) in [6, 6.07) is 8.48. The third-order valence-electron chi connectivity index (χ3n) is 3.25. The van der Waals surface area contributed by atoms with Gasteiger partial charge in [-0.1, -0.05) is 22.0 Å². The third-order valence-corrected chi connectivity index (χ3v) is 4.59. The zero-order chi connectivity index (χ0) is 15.6. The Morgan fingerprint density at radius 3 is 2.33 bits per heavy atom. The quantitative estimate of drug-likeness (QED) is 0.682. The van der Waals surface area contributed by atoms with Crippen LogP contribution in [0, 0.1) is 12.7 Å². The SMILES string of the molecule is COc1ccc(C(Cl)c2cc(Br)c(C)cc2OC)cc1F. The van der Waals surface area contributed by atoms with E-state index in [1.807, 2.05) is 19.1 Å². The van der Waals surface area contributed by atoms with Gasteiger partial charge in [0.15, 0.2) is 11.6 Å². The van der Waals surface area contributed by atoms with Crippen molar-refractivity contribution in [2.75, 3.05) is 14.2 Å². The van der Waals surface area contributed by atoms with Crippen LogP contribution < -0.4 is 9.47 Å². The van der Waals surface area contributed by atoms with Crippen LogP contribution >= 0.6 is 27.5 Å². The van der Waals surface area contributed by atoms with Crippen LogP contribution in [0.15, 0.2) is 34.8 Å². The van der Waals surface area contributed by atoms with E-state index in [9.17, 15) is 4.39 Å². The molecular weight excluding hydrogens is 359 g/mol. The van der Waals surface area contributed by atoms with Gasteiger partial charge in [0, 0.05) is 10.0 Å². The maximum Gasteiger partial charge on any atom is 0.165 e. The van der Waals surface area contributed by atoms with Gasteiger partial charge in [-0.2, -0.15) is 0 Å². The van der Waals surface area contributed by atoms with Crippen LogP contribution in [0.2, 0.25) is 0 Å². The summed E-state index contributed by atoms with van der Waals surface area (Å²) in [5, 5.41) is -0.516. The topological polar surface area (TPSA) is 18.5 Å². The fourth-order valence-corrected chi connectivity index (χ4v) is 2.73. The molecule has 0 amide bonds. The van der Waals surface area contributed by atoms with E-state index in [0.717, 1.165) is 15.6 Å². The summed E-state index contributed by atoms with van der Waals surface area (Å²) < 4.78 is 25.0. The standard InChI is InChI=1S/C16H15BrClFO2/c1-9-6-15(21-3)11(8-12(9)17)16(18)10-4-5-14(20-2)13(19)7-10/h4-8,16H,1-3H3. The van der Waals surface area contributed by atoms with Gasteiger partial charge in [0.2, 0.25) is 0 Å². The van der Waals surface area contributed by atoms with Gasteiger partial charge in [0.25, 0.3) is 0 Å². The molecule has 112 valence electrons. The molecule has 1 unspecified atom stereocenters. The summed E-state index contributed by atoms with van der Waals surface area (Å²) in [4.78, 5) is 0. The molecule has 2 rings (SSSR count). The Morgan fingerprint density at radius 2 is 1.76 bits per heavy atom. The smallest absolute Gasteiger partial charge is 0.165 e. The number of hydrogen-bond donors (Lipinski definition) is 0. The van der Waals surface area contributed by atoms with E-state index in [1.54, 1.807) is 19.2 Å². The second kappa shape index (κ2) is 6.67. The molecule has 2 aromatic carbocycles. The minimum atomic E-state index is -0.516. The van der Waals surface area contributed by atoms with Crippen molar-refractivity contribution in [3.05, 3.63) is 57.3 Å². The average molecular weight is 374 g/mol. The Kier molecular flexibility index (Phi) is 5.12. The minimum Gasteiger partial charge on any atom is -0.496 e. The van der Waals surface area contributed by atoms with Gasteiger partial charge in [0.05, 0.1) is 19.6 Å². The molecule has 0 spiro atoms. The van der Waals surface area contributed by atoms with Gasteiger partial charge in [-0.05, 0) is 42.3 Å². The summed E-state index contributed by atoms with van der Waals surface area (Å²) in [5.41, 5.74) is 2.46. The monoisotopic (exact) mass is 372 g/mol. The second-order valence-electron chi connectivity index (χ2n) is 4.60. The highest BCUT2D eigenvalue weighted by Crippen LogP contribution is 2.39. The first-order valence-electron chi connectivity index (χ1n) is 6.29. The second-order valence-corrected chi connectivity index (χ2v) is 5.89. The first kappa shape index (κ1) is 16.1. The lowest BCUT2D eigenvalue weighted by molar-refractivity contribution is 0.386. The fourth-order valence-electron chi connectivity index (χ4n) is 2.07.